The van der Waals surface area contributed by atoms with E-state index in [1.165, 1.54) is 0 Å². The van der Waals surface area contributed by atoms with E-state index in [1.54, 1.807) is 11.8 Å². The first kappa shape index (κ1) is 9.38. The highest BCUT2D eigenvalue weighted by atomic mass is 32.2. The molecular formula is C7H12N2O2S. The molecule has 1 fully saturated rings. The Balaban J connectivity index is 2.23. The number of nitrogens with two attached hydrogens (primary N) is 1. The van der Waals surface area contributed by atoms with Crippen LogP contribution in [0.3, 0.4) is 0 Å². The third-order valence-corrected chi connectivity index (χ3v) is 2.90. The Morgan fingerprint density at radius 3 is 2.83 bits per heavy atom. The molecule has 0 saturated carbocycles. The molecule has 0 radical (unpaired) electrons. The largest absolute Gasteiger partial charge is 0.368 e. The van der Waals surface area contributed by atoms with Crippen LogP contribution >= 0.6 is 11.8 Å². The van der Waals surface area contributed by atoms with Gasteiger partial charge >= 0.3 is 0 Å². The maximum absolute atomic E-state index is 11.2. The number of thioether (sulfide) groups is 1. The van der Waals surface area contributed by atoms with Crippen molar-refractivity contribution in [2.45, 2.75) is 6.42 Å². The Morgan fingerprint density at radius 1 is 1.58 bits per heavy atom. The quantitative estimate of drug-likeness (QED) is 0.617. The highest BCUT2D eigenvalue weighted by Gasteiger charge is 2.22. The van der Waals surface area contributed by atoms with E-state index in [4.69, 9.17) is 5.73 Å². The van der Waals surface area contributed by atoms with Crippen LogP contribution in [0, 0.1) is 5.92 Å². The topological polar surface area (TPSA) is 72.2 Å². The lowest BCUT2D eigenvalue weighted by Gasteiger charge is -2.07. The van der Waals surface area contributed by atoms with Gasteiger partial charge in [0.2, 0.25) is 11.8 Å². The summed E-state index contributed by atoms with van der Waals surface area (Å²) >= 11 is 1.77. The van der Waals surface area contributed by atoms with Crippen molar-refractivity contribution in [2.24, 2.45) is 11.7 Å². The van der Waals surface area contributed by atoms with E-state index in [2.05, 4.69) is 5.32 Å². The number of primary amides is 1. The number of carbonyl (C=O) groups is 2. The van der Waals surface area contributed by atoms with Crippen molar-refractivity contribution in [3.63, 3.8) is 0 Å². The molecule has 12 heavy (non-hydrogen) atoms. The van der Waals surface area contributed by atoms with Gasteiger partial charge in [0.25, 0.3) is 0 Å². The molecule has 1 aliphatic heterocycles. The fraction of sp³-hybridized carbons (Fsp3) is 0.714. The number of hydrogen-bond donors (Lipinski definition) is 2. The summed E-state index contributed by atoms with van der Waals surface area (Å²) in [6.07, 6.45) is 0.912. The fourth-order valence-corrected chi connectivity index (χ4v) is 2.28. The fourth-order valence-electron chi connectivity index (χ4n) is 1.06. The van der Waals surface area contributed by atoms with E-state index in [1.807, 2.05) is 0 Å². The van der Waals surface area contributed by atoms with Crippen molar-refractivity contribution in [1.82, 2.24) is 5.32 Å². The zero-order chi connectivity index (χ0) is 8.97. The standard InChI is InChI=1S/C7H12N2O2S/c8-6(10)3-9-7(11)5-1-2-12-4-5/h5H,1-4H2,(H2,8,10)(H,9,11). The second kappa shape index (κ2) is 4.35. The molecule has 1 rings (SSSR count). The van der Waals surface area contributed by atoms with Gasteiger partial charge in [0.1, 0.15) is 0 Å². The van der Waals surface area contributed by atoms with Crippen LogP contribution in [0.15, 0.2) is 0 Å². The molecule has 1 heterocycles. The first-order chi connectivity index (χ1) is 5.70. The van der Waals surface area contributed by atoms with Gasteiger partial charge in [-0.1, -0.05) is 0 Å². The van der Waals surface area contributed by atoms with Gasteiger partial charge in [-0.2, -0.15) is 11.8 Å². The second-order valence-corrected chi connectivity index (χ2v) is 3.89. The minimum absolute atomic E-state index is 0.0417. The monoisotopic (exact) mass is 188 g/mol. The third-order valence-electron chi connectivity index (χ3n) is 1.74. The number of hydrogen-bond acceptors (Lipinski definition) is 3. The van der Waals surface area contributed by atoms with Gasteiger partial charge in [0.15, 0.2) is 0 Å². The Hall–Kier alpha value is -0.710. The molecule has 68 valence electrons. The highest BCUT2D eigenvalue weighted by Crippen LogP contribution is 2.23. The summed E-state index contributed by atoms with van der Waals surface area (Å²) < 4.78 is 0. The zero-order valence-corrected chi connectivity index (χ0v) is 7.52. The second-order valence-electron chi connectivity index (χ2n) is 2.74. The van der Waals surface area contributed by atoms with Crippen LogP contribution in [-0.2, 0) is 9.59 Å². The van der Waals surface area contributed by atoms with Crippen molar-refractivity contribution in [1.29, 1.82) is 0 Å². The molecular weight excluding hydrogens is 176 g/mol. The van der Waals surface area contributed by atoms with Crippen LogP contribution < -0.4 is 11.1 Å². The number of rotatable bonds is 3. The molecule has 0 aromatic heterocycles. The van der Waals surface area contributed by atoms with Gasteiger partial charge in [-0.3, -0.25) is 9.59 Å². The van der Waals surface area contributed by atoms with E-state index in [9.17, 15) is 9.59 Å². The van der Waals surface area contributed by atoms with Crippen LogP contribution in [0.25, 0.3) is 0 Å². The van der Waals surface area contributed by atoms with Crippen LogP contribution in [0.2, 0.25) is 0 Å². The summed E-state index contributed by atoms with van der Waals surface area (Å²) in [5.74, 6) is 1.45. The van der Waals surface area contributed by atoms with Crippen molar-refractivity contribution >= 4 is 23.6 Å². The molecule has 3 N–H and O–H groups in total. The lowest BCUT2D eigenvalue weighted by atomic mass is 10.1. The molecule has 2 amide bonds. The van der Waals surface area contributed by atoms with Gasteiger partial charge in [-0.15, -0.1) is 0 Å². The van der Waals surface area contributed by atoms with Gasteiger partial charge in [-0.25, -0.2) is 0 Å². The lowest BCUT2D eigenvalue weighted by molar-refractivity contribution is -0.127. The van der Waals surface area contributed by atoms with Crippen LogP contribution in [0.1, 0.15) is 6.42 Å². The molecule has 4 nitrogen and oxygen atoms in total. The number of carbonyl (C=O) groups excluding carboxylic acids is 2. The van der Waals surface area contributed by atoms with Gasteiger partial charge in [-0.05, 0) is 12.2 Å². The van der Waals surface area contributed by atoms with Crippen molar-refractivity contribution in [3.05, 3.63) is 0 Å². The van der Waals surface area contributed by atoms with Crippen LogP contribution in [0.5, 0.6) is 0 Å². The average Bonchev–Trinajstić information content (AvgIpc) is 2.51. The summed E-state index contributed by atoms with van der Waals surface area (Å²) in [4.78, 5) is 21.5. The Labute approximate surface area is 75.3 Å². The van der Waals surface area contributed by atoms with Gasteiger partial charge in [0, 0.05) is 11.7 Å². The summed E-state index contributed by atoms with van der Waals surface area (Å²) in [5.41, 5.74) is 4.88. The number of amides is 2. The molecule has 0 spiro atoms. The minimum Gasteiger partial charge on any atom is -0.368 e. The first-order valence-corrected chi connectivity index (χ1v) is 4.99. The van der Waals surface area contributed by atoms with Crippen molar-refractivity contribution < 1.29 is 9.59 Å². The predicted octanol–water partition coefficient (Wildman–Crippen LogP) is -0.659. The van der Waals surface area contributed by atoms with E-state index < -0.39 is 5.91 Å². The van der Waals surface area contributed by atoms with E-state index in [-0.39, 0.29) is 18.4 Å². The molecule has 0 aliphatic carbocycles. The third kappa shape index (κ3) is 2.73. The minimum atomic E-state index is -0.492. The maximum atomic E-state index is 11.2. The Kier molecular flexibility index (Phi) is 3.40. The number of nitrogens with one attached hydrogen (secondary N) is 1. The Bertz CT molecular complexity index is 190. The molecule has 0 bridgehead atoms. The molecule has 1 saturated heterocycles. The highest BCUT2D eigenvalue weighted by molar-refractivity contribution is 7.99. The van der Waals surface area contributed by atoms with Crippen LogP contribution in [0.4, 0.5) is 0 Å². The molecule has 0 aromatic carbocycles. The summed E-state index contributed by atoms with van der Waals surface area (Å²) in [6.45, 7) is -0.0417. The van der Waals surface area contributed by atoms with Gasteiger partial charge in [0.05, 0.1) is 6.54 Å². The van der Waals surface area contributed by atoms with E-state index in [0.29, 0.717) is 0 Å². The predicted molar refractivity (Wildman–Crippen MR) is 47.6 cm³/mol. The normalized spacial score (nSPS) is 22.2. The molecule has 0 aromatic rings. The van der Waals surface area contributed by atoms with Crippen LogP contribution in [-0.4, -0.2) is 29.9 Å². The smallest absolute Gasteiger partial charge is 0.236 e. The molecule has 1 aliphatic rings. The summed E-state index contributed by atoms with van der Waals surface area (Å²) in [7, 11) is 0. The zero-order valence-electron chi connectivity index (χ0n) is 6.71. The average molecular weight is 188 g/mol. The summed E-state index contributed by atoms with van der Waals surface area (Å²) in [5, 5.41) is 2.50. The van der Waals surface area contributed by atoms with Crippen molar-refractivity contribution in [3.8, 4) is 0 Å². The van der Waals surface area contributed by atoms with Gasteiger partial charge < -0.3 is 11.1 Å². The first-order valence-electron chi connectivity index (χ1n) is 3.84. The Morgan fingerprint density at radius 2 is 2.33 bits per heavy atom. The maximum Gasteiger partial charge on any atom is 0.236 e. The SMILES string of the molecule is NC(=O)CNC(=O)C1CCSC1. The summed E-state index contributed by atoms with van der Waals surface area (Å²) in [6, 6.07) is 0. The lowest BCUT2D eigenvalue weighted by Crippen LogP contribution is -2.37. The molecule has 1 atom stereocenters. The van der Waals surface area contributed by atoms with E-state index >= 15 is 0 Å². The molecule has 1 unspecified atom stereocenters. The molecule has 5 heteroatoms. The van der Waals surface area contributed by atoms with E-state index in [0.717, 1.165) is 17.9 Å². The van der Waals surface area contributed by atoms with Crippen molar-refractivity contribution in [2.75, 3.05) is 18.1 Å².